The Balaban J connectivity index is 2.99. The maximum absolute atomic E-state index is 11.5. The SMILES string of the molecule is Cc1cc(C)c(OC(=O)C(C)C#N)c(C)c1. The van der Waals surface area contributed by atoms with E-state index in [0.717, 1.165) is 16.7 Å². The second kappa shape index (κ2) is 4.80. The summed E-state index contributed by atoms with van der Waals surface area (Å²) in [5, 5.41) is 8.62. The Morgan fingerprint density at radius 2 is 1.81 bits per heavy atom. The van der Waals surface area contributed by atoms with Crippen LogP contribution in [0.4, 0.5) is 0 Å². The largest absolute Gasteiger partial charge is 0.425 e. The highest BCUT2D eigenvalue weighted by Crippen LogP contribution is 2.25. The molecule has 0 saturated carbocycles. The highest BCUT2D eigenvalue weighted by atomic mass is 16.5. The van der Waals surface area contributed by atoms with Crippen LogP contribution in [-0.2, 0) is 4.79 Å². The predicted octanol–water partition coefficient (Wildman–Crippen LogP) is 2.68. The smallest absolute Gasteiger partial charge is 0.328 e. The number of esters is 1. The molecule has 0 fully saturated rings. The van der Waals surface area contributed by atoms with E-state index in [2.05, 4.69) is 0 Å². The van der Waals surface area contributed by atoms with Crippen molar-refractivity contribution in [1.82, 2.24) is 0 Å². The first-order valence-corrected chi connectivity index (χ1v) is 5.15. The predicted molar refractivity (Wildman–Crippen MR) is 61.1 cm³/mol. The third kappa shape index (κ3) is 2.60. The van der Waals surface area contributed by atoms with E-state index in [4.69, 9.17) is 10.00 Å². The van der Waals surface area contributed by atoms with Gasteiger partial charge in [0.05, 0.1) is 6.07 Å². The molecule has 0 N–H and O–H groups in total. The van der Waals surface area contributed by atoms with Crippen molar-refractivity contribution in [2.24, 2.45) is 5.92 Å². The van der Waals surface area contributed by atoms with Gasteiger partial charge < -0.3 is 4.74 Å². The molecular formula is C13H15NO2. The molecule has 0 heterocycles. The van der Waals surface area contributed by atoms with Crippen molar-refractivity contribution in [3.05, 3.63) is 28.8 Å². The van der Waals surface area contributed by atoms with Crippen LogP contribution in [0.15, 0.2) is 12.1 Å². The number of benzene rings is 1. The lowest BCUT2D eigenvalue weighted by atomic mass is 10.1. The first-order chi connectivity index (χ1) is 7.45. The Labute approximate surface area is 95.7 Å². The number of carbonyl (C=O) groups is 1. The Morgan fingerprint density at radius 1 is 1.31 bits per heavy atom. The van der Waals surface area contributed by atoms with Crippen molar-refractivity contribution in [1.29, 1.82) is 5.26 Å². The monoisotopic (exact) mass is 217 g/mol. The van der Waals surface area contributed by atoms with E-state index < -0.39 is 11.9 Å². The van der Waals surface area contributed by atoms with Crippen LogP contribution in [0.3, 0.4) is 0 Å². The fraction of sp³-hybridized carbons (Fsp3) is 0.385. The molecule has 0 aromatic heterocycles. The summed E-state index contributed by atoms with van der Waals surface area (Å²) in [6.07, 6.45) is 0. The Kier molecular flexibility index (Phi) is 3.68. The standard InChI is InChI=1S/C13H15NO2/c1-8-5-9(2)12(10(3)6-8)16-13(15)11(4)7-14/h5-6,11H,1-4H3. The van der Waals surface area contributed by atoms with Gasteiger partial charge >= 0.3 is 5.97 Å². The van der Waals surface area contributed by atoms with Crippen molar-refractivity contribution in [2.75, 3.05) is 0 Å². The Hall–Kier alpha value is -1.82. The zero-order valence-corrected chi connectivity index (χ0v) is 10.00. The summed E-state index contributed by atoms with van der Waals surface area (Å²) in [7, 11) is 0. The average Bonchev–Trinajstić information content (AvgIpc) is 2.21. The van der Waals surface area contributed by atoms with Gasteiger partial charge in [-0.05, 0) is 38.8 Å². The Bertz CT molecular complexity index is 434. The first-order valence-electron chi connectivity index (χ1n) is 5.15. The van der Waals surface area contributed by atoms with E-state index >= 15 is 0 Å². The maximum Gasteiger partial charge on any atom is 0.328 e. The molecule has 0 spiro atoms. The molecule has 16 heavy (non-hydrogen) atoms. The number of carbonyl (C=O) groups excluding carboxylic acids is 1. The highest BCUT2D eigenvalue weighted by molar-refractivity contribution is 5.77. The van der Waals surface area contributed by atoms with Crippen LogP contribution in [-0.4, -0.2) is 5.97 Å². The number of aryl methyl sites for hydroxylation is 3. The van der Waals surface area contributed by atoms with Crippen LogP contribution < -0.4 is 4.74 Å². The summed E-state index contributed by atoms with van der Waals surface area (Å²) in [5.41, 5.74) is 2.95. The van der Waals surface area contributed by atoms with Crippen molar-refractivity contribution >= 4 is 5.97 Å². The van der Waals surface area contributed by atoms with Crippen LogP contribution in [0.2, 0.25) is 0 Å². The molecule has 0 bridgehead atoms. The maximum atomic E-state index is 11.5. The number of hydrogen-bond donors (Lipinski definition) is 0. The van der Waals surface area contributed by atoms with Gasteiger partial charge in [-0.25, -0.2) is 0 Å². The van der Waals surface area contributed by atoms with Gasteiger partial charge in [-0.15, -0.1) is 0 Å². The zero-order chi connectivity index (χ0) is 12.3. The quantitative estimate of drug-likeness (QED) is 0.565. The summed E-state index contributed by atoms with van der Waals surface area (Å²) in [6.45, 7) is 7.30. The molecule has 0 amide bonds. The minimum atomic E-state index is -0.736. The van der Waals surface area contributed by atoms with Crippen LogP contribution in [0.25, 0.3) is 0 Å². The zero-order valence-electron chi connectivity index (χ0n) is 10.00. The van der Waals surface area contributed by atoms with Crippen LogP contribution in [0.1, 0.15) is 23.6 Å². The molecule has 84 valence electrons. The number of ether oxygens (including phenoxy) is 1. The van der Waals surface area contributed by atoms with E-state index in [1.807, 2.05) is 39.0 Å². The molecule has 1 aromatic carbocycles. The third-order valence-corrected chi connectivity index (χ3v) is 2.35. The third-order valence-electron chi connectivity index (χ3n) is 2.35. The van der Waals surface area contributed by atoms with Gasteiger partial charge in [-0.2, -0.15) is 5.26 Å². The minimum absolute atomic E-state index is 0.502. The lowest BCUT2D eigenvalue weighted by Crippen LogP contribution is -2.17. The molecule has 1 rings (SSSR count). The second-order valence-corrected chi connectivity index (χ2v) is 4.00. The fourth-order valence-electron chi connectivity index (χ4n) is 1.57. The molecule has 3 nitrogen and oxygen atoms in total. The Morgan fingerprint density at radius 3 is 2.25 bits per heavy atom. The molecule has 1 atom stereocenters. The normalized spacial score (nSPS) is 11.7. The van der Waals surface area contributed by atoms with Crippen molar-refractivity contribution in [3.8, 4) is 11.8 Å². The molecule has 1 unspecified atom stereocenters. The van der Waals surface area contributed by atoms with E-state index in [1.54, 1.807) is 0 Å². The van der Waals surface area contributed by atoms with E-state index in [9.17, 15) is 4.79 Å². The molecule has 0 aliphatic carbocycles. The number of nitriles is 1. The van der Waals surface area contributed by atoms with E-state index in [0.29, 0.717) is 5.75 Å². The number of nitrogens with zero attached hydrogens (tertiary/aromatic N) is 1. The molecule has 3 heteroatoms. The molecule has 0 aliphatic heterocycles. The van der Waals surface area contributed by atoms with Gasteiger partial charge in [-0.3, -0.25) is 4.79 Å². The van der Waals surface area contributed by atoms with Gasteiger partial charge in [0.25, 0.3) is 0 Å². The van der Waals surface area contributed by atoms with E-state index in [1.165, 1.54) is 6.92 Å². The van der Waals surface area contributed by atoms with Gasteiger partial charge in [-0.1, -0.05) is 17.7 Å². The average molecular weight is 217 g/mol. The minimum Gasteiger partial charge on any atom is -0.425 e. The van der Waals surface area contributed by atoms with Gasteiger partial charge in [0, 0.05) is 0 Å². The van der Waals surface area contributed by atoms with Gasteiger partial charge in [0.15, 0.2) is 0 Å². The summed E-state index contributed by atoms with van der Waals surface area (Å²) >= 11 is 0. The van der Waals surface area contributed by atoms with Crippen LogP contribution in [0.5, 0.6) is 5.75 Å². The van der Waals surface area contributed by atoms with E-state index in [-0.39, 0.29) is 0 Å². The van der Waals surface area contributed by atoms with Crippen LogP contribution in [0, 0.1) is 38.0 Å². The van der Waals surface area contributed by atoms with Crippen molar-refractivity contribution in [2.45, 2.75) is 27.7 Å². The first kappa shape index (κ1) is 12.3. The van der Waals surface area contributed by atoms with Crippen molar-refractivity contribution in [3.63, 3.8) is 0 Å². The summed E-state index contributed by atoms with van der Waals surface area (Å²) in [4.78, 5) is 11.5. The molecule has 0 aliphatic rings. The molecule has 0 saturated heterocycles. The number of rotatable bonds is 2. The summed E-state index contributed by atoms with van der Waals surface area (Å²) < 4.78 is 5.22. The fourth-order valence-corrected chi connectivity index (χ4v) is 1.57. The van der Waals surface area contributed by atoms with Crippen molar-refractivity contribution < 1.29 is 9.53 Å². The topological polar surface area (TPSA) is 50.1 Å². The lowest BCUT2D eigenvalue weighted by molar-refractivity contribution is -0.136. The van der Waals surface area contributed by atoms with Gasteiger partial charge in [0.1, 0.15) is 11.7 Å². The highest BCUT2D eigenvalue weighted by Gasteiger charge is 2.16. The second-order valence-electron chi connectivity index (χ2n) is 4.00. The summed E-state index contributed by atoms with van der Waals surface area (Å²) in [5.74, 6) is -0.671. The summed E-state index contributed by atoms with van der Waals surface area (Å²) in [6, 6.07) is 5.76. The molecular weight excluding hydrogens is 202 g/mol. The molecule has 1 aromatic rings. The number of hydrogen-bond acceptors (Lipinski definition) is 3. The van der Waals surface area contributed by atoms with Gasteiger partial charge in [0.2, 0.25) is 0 Å². The molecule has 0 radical (unpaired) electrons. The van der Waals surface area contributed by atoms with Crippen LogP contribution >= 0.6 is 0 Å². The lowest BCUT2D eigenvalue weighted by Gasteiger charge is -2.12.